The molecule has 0 unspecified atom stereocenters. The summed E-state index contributed by atoms with van der Waals surface area (Å²) < 4.78 is 7.08. The van der Waals surface area contributed by atoms with Crippen molar-refractivity contribution in [2.75, 3.05) is 0 Å². The third kappa shape index (κ3) is 2.08. The highest BCUT2D eigenvalue weighted by molar-refractivity contribution is 6.14. The lowest BCUT2D eigenvalue weighted by Crippen LogP contribution is -2.01. The van der Waals surface area contributed by atoms with E-state index in [1.807, 2.05) is 0 Å². The van der Waals surface area contributed by atoms with Crippen molar-refractivity contribution in [2.45, 2.75) is 0 Å². The van der Waals surface area contributed by atoms with Gasteiger partial charge >= 0.3 is 0 Å². The summed E-state index contributed by atoms with van der Waals surface area (Å²) in [7, 11) is 0. The number of imidazole rings is 1. The Labute approximate surface area is 188 Å². The summed E-state index contributed by atoms with van der Waals surface area (Å²) in [5.41, 5.74) is 8.90. The molecule has 0 atom stereocenters. The van der Waals surface area contributed by atoms with Crippen molar-refractivity contribution in [3.8, 4) is 5.69 Å². The molecule has 0 aliphatic heterocycles. The fraction of sp³-hybridized carbons (Fsp3) is 0. The Hall–Kier alpha value is -4.57. The monoisotopic (exact) mass is 422 g/mol. The molecule has 0 aliphatic rings. The molecule has 4 aromatic carbocycles. The van der Waals surface area contributed by atoms with E-state index >= 15 is 0 Å². The van der Waals surface area contributed by atoms with E-state index in [1.54, 1.807) is 0 Å². The number of hydrogen-bond donors (Lipinski definition) is 0. The van der Waals surface area contributed by atoms with Gasteiger partial charge in [0, 0.05) is 28.0 Å². The van der Waals surface area contributed by atoms with Crippen LogP contribution < -0.4 is 0 Å². The molecule has 8 rings (SSSR count). The summed E-state index contributed by atoms with van der Waals surface area (Å²) in [6, 6.07) is 36.3. The first-order chi connectivity index (χ1) is 16.4. The van der Waals surface area contributed by atoms with Gasteiger partial charge in [-0.1, -0.05) is 72.8 Å². The number of hydrogen-bond acceptors (Lipinski definition) is 1. The van der Waals surface area contributed by atoms with Crippen LogP contribution in [0.15, 0.2) is 109 Å². The quantitative estimate of drug-likeness (QED) is 0.280. The van der Waals surface area contributed by atoms with E-state index in [2.05, 4.69) is 123 Å². The number of aromatic nitrogens is 4. The molecular weight excluding hydrogens is 404 g/mol. The van der Waals surface area contributed by atoms with Crippen LogP contribution in [0.2, 0.25) is 0 Å². The summed E-state index contributed by atoms with van der Waals surface area (Å²) in [4.78, 5) is 5.14. The molecule has 0 fully saturated rings. The fourth-order valence-electron chi connectivity index (χ4n) is 5.46. The average Bonchev–Trinajstić information content (AvgIpc) is 3.54. The molecule has 0 aliphatic carbocycles. The molecule has 33 heavy (non-hydrogen) atoms. The van der Waals surface area contributed by atoms with Gasteiger partial charge in [0.25, 0.3) is 0 Å². The Bertz CT molecular complexity index is 2020. The van der Waals surface area contributed by atoms with Crippen molar-refractivity contribution < 1.29 is 0 Å². The lowest BCUT2D eigenvalue weighted by atomic mass is 10.2. The van der Waals surface area contributed by atoms with Gasteiger partial charge in [-0.2, -0.15) is 0 Å². The lowest BCUT2D eigenvalue weighted by Gasteiger charge is -2.10. The van der Waals surface area contributed by atoms with Gasteiger partial charge in [-0.05, 0) is 30.3 Å². The molecule has 0 radical (unpaired) electrons. The van der Waals surface area contributed by atoms with E-state index in [4.69, 9.17) is 4.98 Å². The zero-order valence-corrected chi connectivity index (χ0v) is 17.7. The maximum atomic E-state index is 5.14. The second kappa shape index (κ2) is 6.02. The van der Waals surface area contributed by atoms with Crippen LogP contribution in [-0.4, -0.2) is 18.4 Å². The number of para-hydroxylation sites is 4. The molecule has 4 nitrogen and oxygen atoms in total. The lowest BCUT2D eigenvalue weighted by molar-refractivity contribution is 1.09. The third-order valence-electron chi connectivity index (χ3n) is 6.79. The van der Waals surface area contributed by atoms with E-state index in [0.717, 1.165) is 33.5 Å². The second-order valence-electron chi connectivity index (χ2n) is 8.55. The SMILES string of the molecule is c1ccc(-n2c3ccccc3c3c2n2cc4ccccc4c2c2nc4ccccc4n23)cc1. The van der Waals surface area contributed by atoms with Crippen LogP contribution in [0.25, 0.3) is 60.7 Å². The normalized spacial score (nSPS) is 12.2. The Morgan fingerprint density at radius 1 is 0.576 bits per heavy atom. The van der Waals surface area contributed by atoms with Gasteiger partial charge < -0.3 is 0 Å². The number of benzene rings is 4. The maximum Gasteiger partial charge on any atom is 0.163 e. The first kappa shape index (κ1) is 17.0. The molecular formula is C29H18N4. The zero-order chi connectivity index (χ0) is 21.5. The smallest absolute Gasteiger partial charge is 0.163 e. The summed E-state index contributed by atoms with van der Waals surface area (Å²) in [6.07, 6.45) is 2.25. The molecule has 0 saturated heterocycles. The Morgan fingerprint density at radius 3 is 2.15 bits per heavy atom. The van der Waals surface area contributed by atoms with Gasteiger partial charge in [0.1, 0.15) is 5.65 Å². The minimum atomic E-state index is 0.987. The molecule has 4 heteroatoms. The van der Waals surface area contributed by atoms with E-state index < -0.39 is 0 Å². The Morgan fingerprint density at radius 2 is 1.27 bits per heavy atom. The topological polar surface area (TPSA) is 26.6 Å². The van der Waals surface area contributed by atoms with E-state index in [9.17, 15) is 0 Å². The van der Waals surface area contributed by atoms with Gasteiger partial charge in [-0.15, -0.1) is 0 Å². The molecule has 0 saturated carbocycles. The molecule has 0 bridgehead atoms. The van der Waals surface area contributed by atoms with Crippen molar-refractivity contribution >= 4 is 55.0 Å². The number of fused-ring (bicyclic) bond motifs is 12. The van der Waals surface area contributed by atoms with Crippen molar-refractivity contribution in [1.82, 2.24) is 18.4 Å². The Balaban J connectivity index is 1.80. The van der Waals surface area contributed by atoms with Crippen LogP contribution in [0.3, 0.4) is 0 Å². The van der Waals surface area contributed by atoms with Crippen molar-refractivity contribution in [3.05, 3.63) is 109 Å². The van der Waals surface area contributed by atoms with Gasteiger partial charge in [0.15, 0.2) is 5.65 Å². The van der Waals surface area contributed by atoms with Gasteiger partial charge in [-0.25, -0.2) is 4.98 Å². The van der Waals surface area contributed by atoms with Crippen LogP contribution in [0.4, 0.5) is 0 Å². The average molecular weight is 422 g/mol. The van der Waals surface area contributed by atoms with Crippen molar-refractivity contribution in [2.24, 2.45) is 0 Å². The van der Waals surface area contributed by atoms with Gasteiger partial charge in [0.05, 0.1) is 27.6 Å². The predicted molar refractivity (Wildman–Crippen MR) is 135 cm³/mol. The summed E-state index contributed by atoms with van der Waals surface area (Å²) >= 11 is 0. The van der Waals surface area contributed by atoms with Crippen LogP contribution in [0.1, 0.15) is 0 Å². The van der Waals surface area contributed by atoms with Gasteiger partial charge in [0.2, 0.25) is 0 Å². The molecule has 0 spiro atoms. The zero-order valence-electron chi connectivity index (χ0n) is 17.7. The van der Waals surface area contributed by atoms with E-state index in [1.165, 1.54) is 27.2 Å². The predicted octanol–water partition coefficient (Wildman–Crippen LogP) is 6.99. The second-order valence-corrected chi connectivity index (χ2v) is 8.55. The first-order valence-corrected chi connectivity index (χ1v) is 11.2. The minimum Gasteiger partial charge on any atom is -0.296 e. The van der Waals surface area contributed by atoms with E-state index in [-0.39, 0.29) is 0 Å². The highest BCUT2D eigenvalue weighted by atomic mass is 15.2. The third-order valence-corrected chi connectivity index (χ3v) is 6.79. The molecule has 4 heterocycles. The Kier molecular flexibility index (Phi) is 3.11. The van der Waals surface area contributed by atoms with Crippen molar-refractivity contribution in [1.29, 1.82) is 0 Å². The number of nitrogens with zero attached hydrogens (tertiary/aromatic N) is 4. The van der Waals surface area contributed by atoms with Crippen molar-refractivity contribution in [3.63, 3.8) is 0 Å². The fourth-order valence-corrected chi connectivity index (χ4v) is 5.46. The highest BCUT2D eigenvalue weighted by Gasteiger charge is 2.22. The largest absolute Gasteiger partial charge is 0.296 e. The molecule has 154 valence electrons. The first-order valence-electron chi connectivity index (χ1n) is 11.2. The molecule has 0 N–H and O–H groups in total. The van der Waals surface area contributed by atoms with Crippen LogP contribution in [-0.2, 0) is 0 Å². The molecule has 0 amide bonds. The summed E-state index contributed by atoms with van der Waals surface area (Å²) in [6.45, 7) is 0. The summed E-state index contributed by atoms with van der Waals surface area (Å²) in [5.74, 6) is 0. The van der Waals surface area contributed by atoms with Crippen LogP contribution >= 0.6 is 0 Å². The van der Waals surface area contributed by atoms with Gasteiger partial charge in [-0.3, -0.25) is 13.4 Å². The minimum absolute atomic E-state index is 0.987. The molecule has 8 aromatic rings. The standard InChI is InChI=1S/C29H18N4/c1-2-11-20(12-3-1)32-24-16-8-6-14-22(24)27-29(32)31-18-19-10-4-5-13-21(19)26(31)28-30-23-15-7-9-17-25(23)33(27)28/h1-18H. The summed E-state index contributed by atoms with van der Waals surface area (Å²) in [5, 5.41) is 3.64. The van der Waals surface area contributed by atoms with Crippen LogP contribution in [0.5, 0.6) is 0 Å². The van der Waals surface area contributed by atoms with Crippen LogP contribution in [0, 0.1) is 0 Å². The van der Waals surface area contributed by atoms with E-state index in [0.29, 0.717) is 0 Å². The number of rotatable bonds is 1. The highest BCUT2D eigenvalue weighted by Crippen LogP contribution is 2.38. The molecule has 4 aromatic heterocycles. The maximum absolute atomic E-state index is 5.14.